The molecule has 0 radical (unpaired) electrons. The van der Waals surface area contributed by atoms with Crippen LogP contribution in [0.2, 0.25) is 0 Å². The van der Waals surface area contributed by atoms with Gasteiger partial charge in [-0.3, -0.25) is 0 Å². The smallest absolute Gasteiger partial charge is 0.334 e. The fourth-order valence-electron chi connectivity index (χ4n) is 0.238. The van der Waals surface area contributed by atoms with E-state index in [1.54, 1.807) is 0 Å². The first-order chi connectivity index (χ1) is 4.57. The highest BCUT2D eigenvalue weighted by atomic mass is 16.9. The van der Waals surface area contributed by atoms with Crippen LogP contribution in [0.15, 0.2) is 5.11 Å². The highest BCUT2D eigenvalue weighted by Crippen LogP contribution is 1.89. The van der Waals surface area contributed by atoms with Gasteiger partial charge in [-0.1, -0.05) is 0 Å². The second-order valence-electron chi connectivity index (χ2n) is 1.55. The molecule has 0 rings (SSSR count). The number of aliphatic carboxylic acids is 1. The average Bonchev–Trinajstić information content (AvgIpc) is 1.87. The third kappa shape index (κ3) is 2.85. The molecule has 1 atom stereocenters. The quantitative estimate of drug-likeness (QED) is 0.450. The van der Waals surface area contributed by atoms with Crippen molar-refractivity contribution in [2.75, 3.05) is 7.11 Å². The Bertz CT molecular complexity index is 155. The maximum Gasteiger partial charge on any atom is 0.334 e. The molecule has 1 unspecified atom stereocenters. The number of carbonyl (C=O) groups is 1. The number of carboxylic acid groups (broad SMARTS) is 1. The van der Waals surface area contributed by atoms with Gasteiger partial charge in [0.25, 0.3) is 0 Å². The van der Waals surface area contributed by atoms with E-state index in [1.165, 1.54) is 6.92 Å². The van der Waals surface area contributed by atoms with E-state index in [9.17, 15) is 10.0 Å². The molecule has 0 bridgehead atoms. The Kier molecular flexibility index (Phi) is 3.16. The van der Waals surface area contributed by atoms with E-state index in [4.69, 9.17) is 5.11 Å². The molecule has 10 heavy (non-hydrogen) atoms. The van der Waals surface area contributed by atoms with E-state index in [1.807, 2.05) is 0 Å². The van der Waals surface area contributed by atoms with Gasteiger partial charge in [-0.15, -0.1) is 0 Å². The van der Waals surface area contributed by atoms with Gasteiger partial charge in [0.2, 0.25) is 6.04 Å². The molecule has 0 spiro atoms. The minimum Gasteiger partial charge on any atom is -0.479 e. The molecule has 6 heteroatoms. The van der Waals surface area contributed by atoms with E-state index in [0.29, 0.717) is 0 Å². The zero-order chi connectivity index (χ0) is 8.15. The Morgan fingerprint density at radius 2 is 2.40 bits per heavy atom. The SMILES string of the molecule is CO[N+]([O-])=NC(C)C(=O)O. The lowest BCUT2D eigenvalue weighted by Crippen LogP contribution is -2.16. The van der Waals surface area contributed by atoms with Crippen molar-refractivity contribution < 1.29 is 19.8 Å². The van der Waals surface area contributed by atoms with Crippen molar-refractivity contribution >= 4 is 5.97 Å². The Labute approximate surface area is 57.3 Å². The van der Waals surface area contributed by atoms with Gasteiger partial charge in [-0.2, -0.15) is 0 Å². The summed E-state index contributed by atoms with van der Waals surface area (Å²) in [5, 5.41) is 21.3. The minimum absolute atomic E-state index is 0.140. The van der Waals surface area contributed by atoms with E-state index < -0.39 is 12.0 Å². The molecular formula is C4H8N2O4. The van der Waals surface area contributed by atoms with Gasteiger partial charge in [-0.25, -0.2) is 10.0 Å². The van der Waals surface area contributed by atoms with Crippen LogP contribution in [0, 0.1) is 5.21 Å². The van der Waals surface area contributed by atoms with Crippen LogP contribution in [0.1, 0.15) is 6.92 Å². The van der Waals surface area contributed by atoms with Gasteiger partial charge in [-0.05, 0) is 6.92 Å². The molecule has 0 amide bonds. The van der Waals surface area contributed by atoms with E-state index in [0.717, 1.165) is 7.11 Å². The zero-order valence-electron chi connectivity index (χ0n) is 5.64. The van der Waals surface area contributed by atoms with E-state index in [2.05, 4.69) is 9.95 Å². The third-order valence-corrected chi connectivity index (χ3v) is 0.781. The summed E-state index contributed by atoms with van der Waals surface area (Å²) < 4.78 is 0. The average molecular weight is 148 g/mol. The van der Waals surface area contributed by atoms with E-state index in [-0.39, 0.29) is 5.02 Å². The first-order valence-electron chi connectivity index (χ1n) is 2.53. The summed E-state index contributed by atoms with van der Waals surface area (Å²) in [6.45, 7) is 1.27. The monoisotopic (exact) mass is 148 g/mol. The van der Waals surface area contributed by atoms with Crippen molar-refractivity contribution in [2.45, 2.75) is 13.0 Å². The Balaban J connectivity index is 3.99. The molecule has 0 aliphatic rings. The van der Waals surface area contributed by atoms with Crippen molar-refractivity contribution in [3.05, 3.63) is 5.21 Å². The normalized spacial score (nSPS) is 14.4. The van der Waals surface area contributed by atoms with Gasteiger partial charge >= 0.3 is 5.97 Å². The standard InChI is InChI=1S/C4H8N2O4/c1-3(4(7)8)5-6(9)10-2/h3H,1-2H3,(H,7,8). The third-order valence-electron chi connectivity index (χ3n) is 0.781. The molecule has 0 heterocycles. The Morgan fingerprint density at radius 3 is 2.70 bits per heavy atom. The van der Waals surface area contributed by atoms with Crippen LogP contribution in [-0.2, 0) is 9.63 Å². The largest absolute Gasteiger partial charge is 0.479 e. The second kappa shape index (κ2) is 3.65. The van der Waals surface area contributed by atoms with Crippen molar-refractivity contribution in [2.24, 2.45) is 5.11 Å². The summed E-state index contributed by atoms with van der Waals surface area (Å²) in [6, 6.07) is -1.07. The van der Waals surface area contributed by atoms with Crippen molar-refractivity contribution in [3.63, 3.8) is 0 Å². The zero-order valence-corrected chi connectivity index (χ0v) is 5.64. The molecule has 0 saturated carbocycles. The number of carboxylic acids is 1. The summed E-state index contributed by atoms with van der Waals surface area (Å²) in [6.07, 6.45) is 0. The van der Waals surface area contributed by atoms with Crippen molar-refractivity contribution in [1.29, 1.82) is 0 Å². The molecule has 0 saturated heterocycles. The number of hydrogen-bond donors (Lipinski definition) is 1. The summed E-state index contributed by atoms with van der Waals surface area (Å²) in [4.78, 5) is 14.1. The number of nitrogens with zero attached hydrogens (tertiary/aromatic N) is 2. The summed E-state index contributed by atoms with van der Waals surface area (Å²) in [7, 11) is 1.10. The molecule has 0 aromatic carbocycles. The molecule has 58 valence electrons. The van der Waals surface area contributed by atoms with Gasteiger partial charge < -0.3 is 9.94 Å². The molecular weight excluding hydrogens is 140 g/mol. The van der Waals surface area contributed by atoms with Crippen molar-refractivity contribution in [3.8, 4) is 0 Å². The fourth-order valence-corrected chi connectivity index (χ4v) is 0.238. The maximum absolute atomic E-state index is 10.2. The minimum atomic E-state index is -1.17. The van der Waals surface area contributed by atoms with E-state index >= 15 is 0 Å². The molecule has 0 aromatic rings. The van der Waals surface area contributed by atoms with Crippen LogP contribution in [0.5, 0.6) is 0 Å². The second-order valence-corrected chi connectivity index (χ2v) is 1.55. The van der Waals surface area contributed by atoms with Gasteiger partial charge in [0.1, 0.15) is 0 Å². The molecule has 1 N–H and O–H groups in total. The van der Waals surface area contributed by atoms with Crippen LogP contribution in [0.25, 0.3) is 0 Å². The van der Waals surface area contributed by atoms with Crippen molar-refractivity contribution in [1.82, 2.24) is 0 Å². The highest BCUT2D eigenvalue weighted by molar-refractivity contribution is 5.72. The van der Waals surface area contributed by atoms with Gasteiger partial charge in [0.05, 0.1) is 0 Å². The lowest BCUT2D eigenvalue weighted by Gasteiger charge is -1.95. The Morgan fingerprint density at radius 1 is 1.90 bits per heavy atom. The first-order valence-corrected chi connectivity index (χ1v) is 2.53. The maximum atomic E-state index is 10.2. The predicted molar refractivity (Wildman–Crippen MR) is 30.2 cm³/mol. The van der Waals surface area contributed by atoms with Gasteiger partial charge in [0, 0.05) is 12.2 Å². The lowest BCUT2D eigenvalue weighted by molar-refractivity contribution is -0.784. The fraction of sp³-hybridized carbons (Fsp3) is 0.750. The molecule has 6 nitrogen and oxygen atoms in total. The first kappa shape index (κ1) is 8.67. The number of hydrogen-bond acceptors (Lipinski definition) is 4. The lowest BCUT2D eigenvalue weighted by atomic mass is 10.4. The summed E-state index contributed by atoms with van der Waals surface area (Å²) in [5.74, 6) is -1.17. The molecule has 0 fully saturated rings. The van der Waals surface area contributed by atoms with Crippen LogP contribution >= 0.6 is 0 Å². The topological polar surface area (TPSA) is 85.0 Å². The van der Waals surface area contributed by atoms with Crippen LogP contribution in [-0.4, -0.2) is 29.3 Å². The van der Waals surface area contributed by atoms with Gasteiger partial charge in [0.15, 0.2) is 5.02 Å². The highest BCUT2D eigenvalue weighted by Gasteiger charge is 2.13. The Hall–Kier alpha value is -1.33. The van der Waals surface area contributed by atoms with Crippen LogP contribution in [0.4, 0.5) is 0 Å². The number of rotatable bonds is 3. The molecule has 0 aliphatic carbocycles. The van der Waals surface area contributed by atoms with Crippen LogP contribution in [0.3, 0.4) is 0 Å². The summed E-state index contributed by atoms with van der Waals surface area (Å²) in [5.41, 5.74) is 0. The molecule has 0 aliphatic heterocycles. The summed E-state index contributed by atoms with van der Waals surface area (Å²) >= 11 is 0. The molecule has 0 aromatic heterocycles. The predicted octanol–water partition coefficient (Wildman–Crippen LogP) is -0.0166. The van der Waals surface area contributed by atoms with Crippen LogP contribution < -0.4 is 0 Å².